The van der Waals surface area contributed by atoms with Crippen LogP contribution < -0.4 is 10.1 Å². The van der Waals surface area contributed by atoms with Gasteiger partial charge in [-0.05, 0) is 31.7 Å². The number of amides is 1. The van der Waals surface area contributed by atoms with Gasteiger partial charge < -0.3 is 4.74 Å². The normalized spacial score (nSPS) is 14.1. The summed E-state index contributed by atoms with van der Waals surface area (Å²) in [5, 5.41) is 3.54. The summed E-state index contributed by atoms with van der Waals surface area (Å²) in [6.45, 7) is 0. The summed E-state index contributed by atoms with van der Waals surface area (Å²) >= 11 is 1.59. The van der Waals surface area contributed by atoms with Crippen LogP contribution in [0.5, 0.6) is 5.88 Å². The molecule has 1 amide bonds. The third-order valence-corrected chi connectivity index (χ3v) is 4.60. The van der Waals surface area contributed by atoms with Gasteiger partial charge in [0.15, 0.2) is 5.13 Å². The van der Waals surface area contributed by atoms with Gasteiger partial charge >= 0.3 is 0 Å². The van der Waals surface area contributed by atoms with E-state index in [1.54, 1.807) is 30.6 Å². The summed E-state index contributed by atoms with van der Waals surface area (Å²) < 4.78 is 4.98. The lowest BCUT2D eigenvalue weighted by molar-refractivity contribution is 0.102. The molecule has 1 N–H and O–H groups in total. The predicted octanol–water partition coefficient (Wildman–Crippen LogP) is 3.07. The third-order valence-electron chi connectivity index (χ3n) is 3.52. The van der Waals surface area contributed by atoms with Gasteiger partial charge in [0.1, 0.15) is 0 Å². The maximum atomic E-state index is 12.2. The first-order chi connectivity index (χ1) is 10.3. The second-order valence-corrected chi connectivity index (χ2v) is 6.08. The first-order valence-electron chi connectivity index (χ1n) is 7.06. The monoisotopic (exact) mass is 303 g/mol. The highest BCUT2D eigenvalue weighted by Gasteiger charge is 2.16. The number of aryl methyl sites for hydroxylation is 2. The molecule has 2 aromatic rings. The molecule has 2 heterocycles. The largest absolute Gasteiger partial charge is 0.481 e. The lowest BCUT2D eigenvalue weighted by Gasteiger charge is -2.02. The van der Waals surface area contributed by atoms with E-state index in [-0.39, 0.29) is 5.91 Å². The van der Waals surface area contributed by atoms with E-state index in [4.69, 9.17) is 4.74 Å². The lowest BCUT2D eigenvalue weighted by Crippen LogP contribution is -2.12. The van der Waals surface area contributed by atoms with Gasteiger partial charge in [0, 0.05) is 17.1 Å². The number of nitrogens with one attached hydrogen (secondary N) is 1. The van der Waals surface area contributed by atoms with Crippen molar-refractivity contribution in [2.24, 2.45) is 0 Å². The zero-order chi connectivity index (χ0) is 14.7. The molecule has 21 heavy (non-hydrogen) atoms. The number of thiazole rings is 1. The van der Waals surface area contributed by atoms with Crippen LogP contribution >= 0.6 is 11.3 Å². The minimum absolute atomic E-state index is 0.186. The number of hydrogen-bond acceptors (Lipinski definition) is 5. The predicted molar refractivity (Wildman–Crippen MR) is 82.1 cm³/mol. The molecule has 1 aliphatic rings. The van der Waals surface area contributed by atoms with Crippen LogP contribution in [-0.4, -0.2) is 23.0 Å². The van der Waals surface area contributed by atoms with E-state index in [1.165, 1.54) is 30.3 Å². The van der Waals surface area contributed by atoms with Gasteiger partial charge in [-0.1, -0.05) is 6.42 Å². The van der Waals surface area contributed by atoms with Gasteiger partial charge in [-0.3, -0.25) is 10.1 Å². The molecular formula is C15H17N3O2S. The SMILES string of the molecule is COc1ccc(C(=O)Nc2nc3c(s2)CCCCC3)cn1. The number of ether oxygens (including phenoxy) is 1. The average Bonchev–Trinajstić information content (AvgIpc) is 2.76. The molecule has 5 nitrogen and oxygen atoms in total. The van der Waals surface area contributed by atoms with E-state index < -0.39 is 0 Å². The number of rotatable bonds is 3. The van der Waals surface area contributed by atoms with Gasteiger partial charge in [-0.15, -0.1) is 11.3 Å². The van der Waals surface area contributed by atoms with Crippen LogP contribution in [0.4, 0.5) is 5.13 Å². The van der Waals surface area contributed by atoms with E-state index in [2.05, 4.69) is 15.3 Å². The van der Waals surface area contributed by atoms with Crippen molar-refractivity contribution in [2.45, 2.75) is 32.1 Å². The van der Waals surface area contributed by atoms with Crippen molar-refractivity contribution in [2.75, 3.05) is 12.4 Å². The van der Waals surface area contributed by atoms with Gasteiger partial charge in [0.05, 0.1) is 18.4 Å². The quantitative estimate of drug-likeness (QED) is 0.885. The Balaban J connectivity index is 1.72. The van der Waals surface area contributed by atoms with Crippen molar-refractivity contribution in [3.63, 3.8) is 0 Å². The molecule has 2 aromatic heterocycles. The number of aromatic nitrogens is 2. The number of carbonyl (C=O) groups excluding carboxylic acids is 1. The number of hydrogen-bond donors (Lipinski definition) is 1. The Labute approximate surface area is 127 Å². The highest BCUT2D eigenvalue weighted by atomic mass is 32.1. The van der Waals surface area contributed by atoms with Crippen molar-refractivity contribution in [1.82, 2.24) is 9.97 Å². The second kappa shape index (κ2) is 6.22. The van der Waals surface area contributed by atoms with Crippen LogP contribution in [0.2, 0.25) is 0 Å². The number of fused-ring (bicyclic) bond motifs is 1. The fourth-order valence-electron chi connectivity index (χ4n) is 2.39. The standard InChI is InChI=1S/C15H17N3O2S/c1-20-13-8-7-10(9-16-13)14(19)18-15-17-11-5-3-2-4-6-12(11)21-15/h7-9H,2-6H2,1H3,(H,17,18,19). The molecule has 0 aliphatic heterocycles. The van der Waals surface area contributed by atoms with E-state index in [0.29, 0.717) is 16.6 Å². The number of methoxy groups -OCH3 is 1. The zero-order valence-electron chi connectivity index (χ0n) is 11.9. The molecule has 3 rings (SSSR count). The van der Waals surface area contributed by atoms with E-state index in [0.717, 1.165) is 18.5 Å². The van der Waals surface area contributed by atoms with Crippen LogP contribution in [0.1, 0.15) is 40.2 Å². The Morgan fingerprint density at radius 2 is 2.14 bits per heavy atom. The van der Waals surface area contributed by atoms with Gasteiger partial charge in [-0.2, -0.15) is 0 Å². The summed E-state index contributed by atoms with van der Waals surface area (Å²) in [5.41, 5.74) is 1.65. The molecule has 0 atom stereocenters. The van der Waals surface area contributed by atoms with Crippen LogP contribution in [0.15, 0.2) is 18.3 Å². The number of carbonyl (C=O) groups is 1. The molecule has 6 heteroatoms. The third kappa shape index (κ3) is 3.21. The summed E-state index contributed by atoms with van der Waals surface area (Å²) in [7, 11) is 1.55. The molecule has 1 aliphatic carbocycles. The Bertz CT molecular complexity index is 613. The smallest absolute Gasteiger partial charge is 0.259 e. The first-order valence-corrected chi connectivity index (χ1v) is 7.88. The highest BCUT2D eigenvalue weighted by molar-refractivity contribution is 7.15. The topological polar surface area (TPSA) is 64.1 Å². The first kappa shape index (κ1) is 14.0. The Morgan fingerprint density at radius 1 is 1.29 bits per heavy atom. The van der Waals surface area contributed by atoms with E-state index >= 15 is 0 Å². The van der Waals surface area contributed by atoms with E-state index in [1.807, 2.05) is 0 Å². The van der Waals surface area contributed by atoms with Gasteiger partial charge in [-0.25, -0.2) is 9.97 Å². The van der Waals surface area contributed by atoms with Gasteiger partial charge in [0.25, 0.3) is 5.91 Å². The van der Waals surface area contributed by atoms with Crippen LogP contribution in [0.3, 0.4) is 0 Å². The zero-order valence-corrected chi connectivity index (χ0v) is 12.7. The molecule has 0 unspecified atom stereocenters. The van der Waals surface area contributed by atoms with E-state index in [9.17, 15) is 4.79 Å². The summed E-state index contributed by atoms with van der Waals surface area (Å²) in [5.74, 6) is 0.307. The molecule has 110 valence electrons. The minimum Gasteiger partial charge on any atom is -0.481 e. The highest BCUT2D eigenvalue weighted by Crippen LogP contribution is 2.29. The molecule has 0 aromatic carbocycles. The number of nitrogens with zero attached hydrogens (tertiary/aromatic N) is 2. The summed E-state index contributed by atoms with van der Waals surface area (Å²) in [6.07, 6.45) is 7.27. The Hall–Kier alpha value is -1.95. The van der Waals surface area contributed by atoms with Gasteiger partial charge in [0.2, 0.25) is 5.88 Å². The van der Waals surface area contributed by atoms with Crippen LogP contribution in [-0.2, 0) is 12.8 Å². The average molecular weight is 303 g/mol. The lowest BCUT2D eigenvalue weighted by atomic mass is 10.2. The Morgan fingerprint density at radius 3 is 2.90 bits per heavy atom. The minimum atomic E-state index is -0.186. The summed E-state index contributed by atoms with van der Waals surface area (Å²) in [4.78, 5) is 22.1. The molecular weight excluding hydrogens is 286 g/mol. The maximum Gasteiger partial charge on any atom is 0.259 e. The molecule has 0 fully saturated rings. The molecule has 0 radical (unpaired) electrons. The van der Waals surface area contributed by atoms with Crippen molar-refractivity contribution < 1.29 is 9.53 Å². The van der Waals surface area contributed by atoms with Crippen LogP contribution in [0.25, 0.3) is 0 Å². The second-order valence-electron chi connectivity index (χ2n) is 4.99. The number of pyridine rings is 1. The van der Waals surface area contributed by atoms with Crippen molar-refractivity contribution in [3.8, 4) is 5.88 Å². The van der Waals surface area contributed by atoms with Crippen molar-refractivity contribution in [1.29, 1.82) is 0 Å². The fraction of sp³-hybridized carbons (Fsp3) is 0.400. The molecule has 0 spiro atoms. The van der Waals surface area contributed by atoms with Crippen LogP contribution in [0, 0.1) is 0 Å². The summed E-state index contributed by atoms with van der Waals surface area (Å²) in [6, 6.07) is 3.37. The Kier molecular flexibility index (Phi) is 4.15. The number of anilines is 1. The fourth-order valence-corrected chi connectivity index (χ4v) is 3.43. The molecule has 0 saturated heterocycles. The molecule has 0 saturated carbocycles. The van der Waals surface area contributed by atoms with Crippen molar-refractivity contribution >= 4 is 22.4 Å². The molecule has 0 bridgehead atoms. The van der Waals surface area contributed by atoms with Crippen molar-refractivity contribution in [3.05, 3.63) is 34.5 Å². The maximum absolute atomic E-state index is 12.2.